The van der Waals surface area contributed by atoms with Crippen molar-refractivity contribution < 1.29 is 0 Å². The van der Waals surface area contributed by atoms with Crippen molar-refractivity contribution in [3.05, 3.63) is 29.8 Å². The molecule has 1 heterocycles. The van der Waals surface area contributed by atoms with Gasteiger partial charge in [0.25, 0.3) is 0 Å². The van der Waals surface area contributed by atoms with E-state index in [0.29, 0.717) is 6.54 Å². The van der Waals surface area contributed by atoms with E-state index >= 15 is 0 Å². The molecule has 1 N–H and O–H groups in total. The molecule has 0 atom stereocenters. The Bertz CT molecular complexity index is 260. The Morgan fingerprint density at radius 1 is 1.08 bits per heavy atom. The average Bonchev–Trinajstić information content (AvgIpc) is 2.71. The van der Waals surface area contributed by atoms with Crippen molar-refractivity contribution in [2.45, 2.75) is 19.4 Å². The van der Waals surface area contributed by atoms with Crippen molar-refractivity contribution in [2.75, 3.05) is 18.0 Å². The lowest BCUT2D eigenvalue weighted by Gasteiger charge is -2.17. The normalized spacial score (nSPS) is 16.5. The predicted octanol–water partition coefficient (Wildman–Crippen LogP) is 2.07. The lowest BCUT2D eigenvalue weighted by Crippen LogP contribution is -2.17. The van der Waals surface area contributed by atoms with E-state index in [9.17, 15) is 0 Å². The topological polar surface area (TPSA) is 27.0 Å². The molecule has 1 radical (unpaired) electrons. The molecule has 1 aromatic rings. The number of nitrogens with one attached hydrogen (secondary N) is 1. The highest BCUT2D eigenvalue weighted by molar-refractivity contribution is 5.48. The standard InChI is InChI=1S/C11H15N2/c12-9-10-3-5-11(6-4-10)13-7-1-2-8-13/h3-6,12H,1-2,7-9H2. The van der Waals surface area contributed by atoms with Crippen LogP contribution < -0.4 is 10.6 Å². The van der Waals surface area contributed by atoms with Gasteiger partial charge in [-0.1, -0.05) is 12.1 Å². The lowest BCUT2D eigenvalue weighted by atomic mass is 10.2. The summed E-state index contributed by atoms with van der Waals surface area (Å²) in [5.74, 6) is 0. The van der Waals surface area contributed by atoms with Gasteiger partial charge in [0.2, 0.25) is 0 Å². The Kier molecular flexibility index (Phi) is 2.50. The summed E-state index contributed by atoms with van der Waals surface area (Å²) in [5.41, 5.74) is 9.62. The molecule has 0 spiro atoms. The van der Waals surface area contributed by atoms with Gasteiger partial charge in [-0.05, 0) is 30.5 Å². The lowest BCUT2D eigenvalue weighted by molar-refractivity contribution is 0.949. The van der Waals surface area contributed by atoms with Gasteiger partial charge in [0.1, 0.15) is 0 Å². The third kappa shape index (κ3) is 1.83. The van der Waals surface area contributed by atoms with Crippen LogP contribution in [0, 0.1) is 0 Å². The molecular weight excluding hydrogens is 160 g/mol. The summed E-state index contributed by atoms with van der Waals surface area (Å²) < 4.78 is 0. The number of benzene rings is 1. The molecule has 0 amide bonds. The summed E-state index contributed by atoms with van der Waals surface area (Å²) >= 11 is 0. The SMILES string of the molecule is [NH]Cc1ccc(N2CCCC2)cc1. The summed E-state index contributed by atoms with van der Waals surface area (Å²) in [7, 11) is 0. The molecule has 2 heteroatoms. The quantitative estimate of drug-likeness (QED) is 0.676. The molecule has 1 fully saturated rings. The molecule has 1 aromatic carbocycles. The van der Waals surface area contributed by atoms with Crippen molar-refractivity contribution in [1.82, 2.24) is 5.73 Å². The van der Waals surface area contributed by atoms with Crippen LogP contribution in [0.3, 0.4) is 0 Å². The zero-order valence-electron chi connectivity index (χ0n) is 7.79. The van der Waals surface area contributed by atoms with Gasteiger partial charge in [-0.2, -0.15) is 0 Å². The zero-order valence-corrected chi connectivity index (χ0v) is 7.79. The van der Waals surface area contributed by atoms with E-state index in [0.717, 1.165) is 5.56 Å². The molecular formula is C11H15N2. The highest BCUT2D eigenvalue weighted by atomic mass is 15.1. The fourth-order valence-electron chi connectivity index (χ4n) is 1.80. The van der Waals surface area contributed by atoms with Crippen LogP contribution in [0.5, 0.6) is 0 Å². The molecule has 1 aliphatic heterocycles. The van der Waals surface area contributed by atoms with E-state index in [1.807, 2.05) is 0 Å². The second-order valence-corrected chi connectivity index (χ2v) is 3.54. The Balaban J connectivity index is 2.12. The zero-order chi connectivity index (χ0) is 9.10. The molecule has 0 aromatic heterocycles. The van der Waals surface area contributed by atoms with Crippen LogP contribution in [0.25, 0.3) is 0 Å². The maximum absolute atomic E-state index is 7.21. The van der Waals surface area contributed by atoms with Crippen LogP contribution >= 0.6 is 0 Å². The van der Waals surface area contributed by atoms with Crippen LogP contribution in [0.1, 0.15) is 18.4 Å². The Labute approximate surface area is 79.4 Å². The maximum Gasteiger partial charge on any atom is 0.0366 e. The minimum absolute atomic E-state index is 0.389. The van der Waals surface area contributed by atoms with Gasteiger partial charge in [-0.15, -0.1) is 0 Å². The van der Waals surface area contributed by atoms with Gasteiger partial charge in [0.05, 0.1) is 0 Å². The molecule has 2 rings (SSSR count). The van der Waals surface area contributed by atoms with Gasteiger partial charge in [-0.25, -0.2) is 0 Å². The minimum atomic E-state index is 0.389. The summed E-state index contributed by atoms with van der Waals surface area (Å²) in [5, 5.41) is 0. The number of nitrogens with zero attached hydrogens (tertiary/aromatic N) is 1. The fraction of sp³-hybridized carbons (Fsp3) is 0.455. The van der Waals surface area contributed by atoms with E-state index in [4.69, 9.17) is 5.73 Å². The van der Waals surface area contributed by atoms with E-state index < -0.39 is 0 Å². The third-order valence-electron chi connectivity index (χ3n) is 2.61. The van der Waals surface area contributed by atoms with E-state index in [1.54, 1.807) is 0 Å². The van der Waals surface area contributed by atoms with Crippen LogP contribution in [0.4, 0.5) is 5.69 Å². The van der Waals surface area contributed by atoms with Crippen LogP contribution in [0.15, 0.2) is 24.3 Å². The van der Waals surface area contributed by atoms with E-state index in [-0.39, 0.29) is 0 Å². The van der Waals surface area contributed by atoms with Crippen LogP contribution in [0.2, 0.25) is 0 Å². The Morgan fingerprint density at radius 3 is 2.23 bits per heavy atom. The number of hydrogen-bond donors (Lipinski definition) is 0. The monoisotopic (exact) mass is 175 g/mol. The largest absolute Gasteiger partial charge is 0.372 e. The van der Waals surface area contributed by atoms with Gasteiger partial charge in [0, 0.05) is 25.3 Å². The maximum atomic E-state index is 7.21. The van der Waals surface area contributed by atoms with Gasteiger partial charge < -0.3 is 4.90 Å². The van der Waals surface area contributed by atoms with Crippen molar-refractivity contribution >= 4 is 5.69 Å². The average molecular weight is 175 g/mol. The first-order chi connectivity index (χ1) is 6.40. The summed E-state index contributed by atoms with van der Waals surface area (Å²) in [4.78, 5) is 2.41. The van der Waals surface area contributed by atoms with Crippen LogP contribution in [-0.2, 0) is 6.54 Å². The van der Waals surface area contributed by atoms with Crippen molar-refractivity contribution in [3.8, 4) is 0 Å². The first-order valence-electron chi connectivity index (χ1n) is 4.88. The molecule has 0 bridgehead atoms. The highest BCUT2D eigenvalue weighted by Crippen LogP contribution is 2.20. The first-order valence-corrected chi connectivity index (χ1v) is 4.88. The van der Waals surface area contributed by atoms with Crippen molar-refractivity contribution in [1.29, 1.82) is 0 Å². The van der Waals surface area contributed by atoms with Gasteiger partial charge in [0.15, 0.2) is 0 Å². The minimum Gasteiger partial charge on any atom is -0.372 e. The van der Waals surface area contributed by atoms with E-state index in [1.165, 1.54) is 31.6 Å². The molecule has 69 valence electrons. The predicted molar refractivity (Wildman–Crippen MR) is 54.7 cm³/mol. The molecule has 1 aliphatic rings. The summed E-state index contributed by atoms with van der Waals surface area (Å²) in [6, 6.07) is 8.38. The van der Waals surface area contributed by atoms with Gasteiger partial charge >= 0.3 is 0 Å². The molecule has 1 saturated heterocycles. The second-order valence-electron chi connectivity index (χ2n) is 3.54. The van der Waals surface area contributed by atoms with Gasteiger partial charge in [-0.3, -0.25) is 5.73 Å². The van der Waals surface area contributed by atoms with E-state index in [2.05, 4.69) is 29.2 Å². The fourth-order valence-corrected chi connectivity index (χ4v) is 1.80. The highest BCUT2D eigenvalue weighted by Gasteiger charge is 2.11. The number of anilines is 1. The first kappa shape index (κ1) is 8.57. The van der Waals surface area contributed by atoms with Crippen molar-refractivity contribution in [2.24, 2.45) is 0 Å². The van der Waals surface area contributed by atoms with Crippen molar-refractivity contribution in [3.63, 3.8) is 0 Å². The Hall–Kier alpha value is -1.02. The summed E-state index contributed by atoms with van der Waals surface area (Å²) in [6.07, 6.45) is 2.64. The Morgan fingerprint density at radius 2 is 1.69 bits per heavy atom. The third-order valence-corrected chi connectivity index (χ3v) is 2.61. The number of rotatable bonds is 2. The summed E-state index contributed by atoms with van der Waals surface area (Å²) in [6.45, 7) is 2.78. The molecule has 13 heavy (non-hydrogen) atoms. The van der Waals surface area contributed by atoms with Crippen LogP contribution in [-0.4, -0.2) is 13.1 Å². The second kappa shape index (κ2) is 3.79. The molecule has 2 nitrogen and oxygen atoms in total. The smallest absolute Gasteiger partial charge is 0.0366 e. The molecule has 0 saturated carbocycles. The molecule has 0 unspecified atom stereocenters. The molecule has 0 aliphatic carbocycles. The number of hydrogen-bond acceptors (Lipinski definition) is 1.